The molecule has 1 aliphatic heterocycles. The largest absolute Gasteiger partial charge is 0.508 e. The lowest BCUT2D eigenvalue weighted by atomic mass is 10.2. The lowest BCUT2D eigenvalue weighted by molar-refractivity contribution is -0.141. The minimum atomic E-state index is -1.46. The molecular weight excluding hydrogens is 140 g/mol. The van der Waals surface area contributed by atoms with Crippen LogP contribution in [0.15, 0.2) is 11.3 Å². The third-order valence-corrected chi connectivity index (χ3v) is 1.05. The summed E-state index contributed by atoms with van der Waals surface area (Å²) in [4.78, 5) is 20.5. The van der Waals surface area contributed by atoms with E-state index in [1.165, 1.54) is 0 Å². The van der Waals surface area contributed by atoms with Gasteiger partial charge in [-0.1, -0.05) is 0 Å². The summed E-state index contributed by atoms with van der Waals surface area (Å²) in [5.41, 5.74) is -0.667. The molecule has 0 aromatic carbocycles. The highest BCUT2D eigenvalue weighted by Crippen LogP contribution is 2.12. The van der Waals surface area contributed by atoms with Gasteiger partial charge in [-0.05, 0) is 0 Å². The predicted octanol–water partition coefficient (Wildman–Crippen LogP) is -0.560. The molecule has 0 saturated heterocycles. The molecule has 5 nitrogen and oxygen atoms in total. The van der Waals surface area contributed by atoms with Crippen LogP contribution in [-0.4, -0.2) is 28.8 Å². The quantitative estimate of drug-likeness (QED) is 0.380. The topological polar surface area (TPSA) is 83.8 Å². The van der Waals surface area contributed by atoms with E-state index in [1.807, 2.05) is 0 Å². The summed E-state index contributed by atoms with van der Waals surface area (Å²) in [6.45, 7) is -0.333. The van der Waals surface area contributed by atoms with Crippen molar-refractivity contribution in [2.75, 3.05) is 6.61 Å². The summed E-state index contributed by atoms with van der Waals surface area (Å²) in [6.07, 6.45) is 0. The number of esters is 1. The number of carboxylic acid groups (broad SMARTS) is 1. The number of aliphatic carboxylic acids is 1. The molecule has 54 valence electrons. The fourth-order valence-electron chi connectivity index (χ4n) is 0.607. The molecule has 0 amide bonds. The Bertz CT molecular complexity index is 226. The predicted molar refractivity (Wildman–Crippen MR) is 28.2 cm³/mol. The molecule has 0 atom stereocenters. The first-order chi connectivity index (χ1) is 4.63. The Kier molecular flexibility index (Phi) is 1.33. The zero-order valence-electron chi connectivity index (χ0n) is 4.83. The molecule has 0 spiro atoms. The van der Waals surface area contributed by atoms with E-state index in [1.54, 1.807) is 0 Å². The van der Waals surface area contributed by atoms with Gasteiger partial charge in [-0.25, -0.2) is 9.59 Å². The van der Waals surface area contributed by atoms with Gasteiger partial charge >= 0.3 is 11.9 Å². The van der Waals surface area contributed by atoms with Crippen LogP contribution >= 0.6 is 0 Å². The zero-order chi connectivity index (χ0) is 7.72. The maximum absolute atomic E-state index is 10.4. The van der Waals surface area contributed by atoms with Gasteiger partial charge in [0.2, 0.25) is 0 Å². The molecule has 0 aromatic heterocycles. The molecule has 1 rings (SSSR count). The van der Waals surface area contributed by atoms with Gasteiger partial charge in [-0.15, -0.1) is 0 Å². The van der Waals surface area contributed by atoms with Crippen LogP contribution in [0, 0.1) is 0 Å². The number of aliphatic hydroxyl groups excluding tert-OH is 1. The van der Waals surface area contributed by atoms with Gasteiger partial charge in [0, 0.05) is 0 Å². The van der Waals surface area contributed by atoms with Crippen molar-refractivity contribution in [1.82, 2.24) is 0 Å². The molecule has 0 aliphatic carbocycles. The molecule has 1 heterocycles. The fourth-order valence-corrected chi connectivity index (χ4v) is 0.607. The summed E-state index contributed by atoms with van der Waals surface area (Å²) in [5.74, 6) is -2.96. The second-order valence-electron chi connectivity index (χ2n) is 1.70. The smallest absolute Gasteiger partial charge is 0.349 e. The maximum atomic E-state index is 10.4. The molecule has 0 aromatic rings. The first-order valence-electron chi connectivity index (χ1n) is 2.45. The average Bonchev–Trinajstić information content (AvgIpc) is 2.11. The van der Waals surface area contributed by atoms with E-state index in [-0.39, 0.29) is 6.61 Å². The summed E-state index contributed by atoms with van der Waals surface area (Å²) >= 11 is 0. The molecule has 1 aliphatic rings. The molecule has 0 saturated carbocycles. The van der Waals surface area contributed by atoms with Crippen LogP contribution in [0.3, 0.4) is 0 Å². The molecule has 10 heavy (non-hydrogen) atoms. The van der Waals surface area contributed by atoms with Gasteiger partial charge in [0.1, 0.15) is 6.61 Å². The van der Waals surface area contributed by atoms with E-state index in [9.17, 15) is 9.59 Å². The first kappa shape index (κ1) is 6.60. The summed E-state index contributed by atoms with van der Waals surface area (Å²) in [7, 11) is 0. The third kappa shape index (κ3) is 0.812. The molecule has 0 radical (unpaired) electrons. The number of carbonyl (C=O) groups is 2. The number of ether oxygens (including phenoxy) is 1. The summed E-state index contributed by atoms with van der Waals surface area (Å²) < 4.78 is 4.20. The van der Waals surface area contributed by atoms with Gasteiger partial charge in [0.25, 0.3) is 0 Å². The second-order valence-corrected chi connectivity index (χ2v) is 1.70. The lowest BCUT2D eigenvalue weighted by Crippen LogP contribution is -2.09. The number of hydrogen-bond donors (Lipinski definition) is 2. The fraction of sp³-hybridized carbons (Fsp3) is 0.200. The van der Waals surface area contributed by atoms with Crippen molar-refractivity contribution in [3.05, 3.63) is 11.3 Å². The van der Waals surface area contributed by atoms with Crippen molar-refractivity contribution in [2.45, 2.75) is 0 Å². The van der Waals surface area contributed by atoms with Crippen LogP contribution in [-0.2, 0) is 14.3 Å². The summed E-state index contributed by atoms with van der Waals surface area (Å²) in [6, 6.07) is 0. The summed E-state index contributed by atoms with van der Waals surface area (Å²) in [5, 5.41) is 16.9. The molecule has 0 unspecified atom stereocenters. The van der Waals surface area contributed by atoms with E-state index in [0.29, 0.717) is 0 Å². The van der Waals surface area contributed by atoms with E-state index >= 15 is 0 Å². The molecule has 2 N–H and O–H groups in total. The number of carboxylic acids is 1. The van der Waals surface area contributed by atoms with E-state index in [2.05, 4.69) is 4.74 Å². The average molecular weight is 144 g/mol. The normalized spacial score (nSPS) is 17.4. The monoisotopic (exact) mass is 144 g/mol. The van der Waals surface area contributed by atoms with Crippen LogP contribution in [0.5, 0.6) is 0 Å². The van der Waals surface area contributed by atoms with Crippen molar-refractivity contribution < 1.29 is 24.5 Å². The van der Waals surface area contributed by atoms with Crippen molar-refractivity contribution in [3.8, 4) is 0 Å². The zero-order valence-corrected chi connectivity index (χ0v) is 4.83. The lowest BCUT2D eigenvalue weighted by Gasteiger charge is -1.87. The van der Waals surface area contributed by atoms with Gasteiger partial charge in [0.15, 0.2) is 11.3 Å². The standard InChI is InChI=1S/C5H4O5/c6-2-1-10-5(9)3(2)4(7)8/h6H,1H2,(H,7,8). The third-order valence-electron chi connectivity index (χ3n) is 1.05. The Morgan fingerprint density at radius 2 is 2.20 bits per heavy atom. The Morgan fingerprint density at radius 3 is 2.40 bits per heavy atom. The maximum Gasteiger partial charge on any atom is 0.349 e. The van der Waals surface area contributed by atoms with Crippen molar-refractivity contribution in [2.24, 2.45) is 0 Å². The van der Waals surface area contributed by atoms with Gasteiger partial charge in [0.05, 0.1) is 0 Å². The van der Waals surface area contributed by atoms with Crippen molar-refractivity contribution in [1.29, 1.82) is 0 Å². The molecule has 5 heteroatoms. The molecule has 0 bridgehead atoms. The number of cyclic esters (lactones) is 1. The minimum absolute atomic E-state index is 0.333. The van der Waals surface area contributed by atoms with Crippen LogP contribution in [0.4, 0.5) is 0 Å². The van der Waals surface area contributed by atoms with E-state index in [4.69, 9.17) is 10.2 Å². The van der Waals surface area contributed by atoms with Crippen LogP contribution in [0.1, 0.15) is 0 Å². The number of rotatable bonds is 1. The van der Waals surface area contributed by atoms with Gasteiger partial charge < -0.3 is 14.9 Å². The second kappa shape index (κ2) is 2.02. The Hall–Kier alpha value is -1.52. The van der Waals surface area contributed by atoms with E-state index in [0.717, 1.165) is 0 Å². The Balaban J connectivity index is 2.99. The number of carbonyl (C=O) groups excluding carboxylic acids is 1. The van der Waals surface area contributed by atoms with Crippen LogP contribution in [0.2, 0.25) is 0 Å². The highest BCUT2D eigenvalue weighted by molar-refractivity contribution is 6.14. The van der Waals surface area contributed by atoms with Crippen molar-refractivity contribution in [3.63, 3.8) is 0 Å². The number of hydrogen-bond acceptors (Lipinski definition) is 4. The first-order valence-corrected chi connectivity index (χ1v) is 2.45. The van der Waals surface area contributed by atoms with Crippen molar-refractivity contribution >= 4 is 11.9 Å². The number of aliphatic hydroxyl groups is 1. The highest BCUT2D eigenvalue weighted by atomic mass is 16.6. The molecular formula is C5H4O5. The molecule has 0 fully saturated rings. The van der Waals surface area contributed by atoms with Crippen LogP contribution < -0.4 is 0 Å². The highest BCUT2D eigenvalue weighted by Gasteiger charge is 2.30. The van der Waals surface area contributed by atoms with Crippen LogP contribution in [0.25, 0.3) is 0 Å². The Morgan fingerprint density at radius 1 is 1.60 bits per heavy atom. The Labute approximate surface area is 55.5 Å². The minimum Gasteiger partial charge on any atom is -0.508 e. The SMILES string of the molecule is O=C(O)C1=C(O)COC1=O. The van der Waals surface area contributed by atoms with E-state index < -0.39 is 23.3 Å². The van der Waals surface area contributed by atoms with Gasteiger partial charge in [-0.3, -0.25) is 0 Å². The van der Waals surface area contributed by atoms with Gasteiger partial charge in [-0.2, -0.15) is 0 Å².